The number of allylic oxidation sites excluding steroid dienone is 3. The van der Waals surface area contributed by atoms with Gasteiger partial charge in [0.15, 0.2) is 17.5 Å². The highest BCUT2D eigenvalue weighted by atomic mass is 16.3. The number of furan rings is 2. The fraction of sp³-hybridized carbons (Fsp3) is 0.0938. The largest absolute Gasteiger partial charge is 0.456 e. The molecule has 37 heavy (non-hydrogen) atoms. The van der Waals surface area contributed by atoms with Crippen molar-refractivity contribution >= 4 is 50.6 Å². The monoisotopic (exact) mass is 483 g/mol. The summed E-state index contributed by atoms with van der Waals surface area (Å²) in [4.78, 5) is 14.5. The van der Waals surface area contributed by atoms with Crippen LogP contribution in [0.5, 0.6) is 0 Å². The van der Waals surface area contributed by atoms with Gasteiger partial charge in [-0.05, 0) is 62.8 Å². The average molecular weight is 484 g/mol. The van der Waals surface area contributed by atoms with E-state index in [4.69, 9.17) is 23.8 Å². The molecule has 3 aromatic carbocycles. The molecule has 180 valence electrons. The molecule has 3 heterocycles. The Balaban J connectivity index is 1.52. The average Bonchev–Trinajstić information content (AvgIpc) is 3.48. The highest BCUT2D eigenvalue weighted by Crippen LogP contribution is 2.34. The molecule has 0 aliphatic carbocycles. The van der Waals surface area contributed by atoms with Crippen LogP contribution in [0.1, 0.15) is 37.9 Å². The van der Waals surface area contributed by atoms with Crippen molar-refractivity contribution in [2.45, 2.75) is 20.8 Å². The van der Waals surface area contributed by atoms with Crippen LogP contribution in [0.2, 0.25) is 0 Å². The summed E-state index contributed by atoms with van der Waals surface area (Å²) in [5, 5.41) is 3.16. The second kappa shape index (κ2) is 9.03. The van der Waals surface area contributed by atoms with Crippen LogP contribution < -0.4 is 0 Å². The Morgan fingerprint density at radius 1 is 0.757 bits per heavy atom. The van der Waals surface area contributed by atoms with E-state index in [-0.39, 0.29) is 0 Å². The van der Waals surface area contributed by atoms with Gasteiger partial charge in [-0.3, -0.25) is 0 Å². The third kappa shape index (κ3) is 3.85. The first-order chi connectivity index (χ1) is 18.1. The van der Waals surface area contributed by atoms with Gasteiger partial charge in [0.2, 0.25) is 0 Å². The van der Waals surface area contributed by atoms with Crippen LogP contribution >= 0.6 is 0 Å². The van der Waals surface area contributed by atoms with Crippen LogP contribution in [0.4, 0.5) is 0 Å². The van der Waals surface area contributed by atoms with Gasteiger partial charge >= 0.3 is 0 Å². The van der Waals surface area contributed by atoms with Crippen LogP contribution in [0.15, 0.2) is 88.2 Å². The lowest BCUT2D eigenvalue weighted by atomic mass is 10.1. The molecule has 0 N–H and O–H groups in total. The second-order valence-corrected chi connectivity index (χ2v) is 8.88. The summed E-state index contributed by atoms with van der Waals surface area (Å²) in [5.74, 6) is 2.58. The lowest BCUT2D eigenvalue weighted by Crippen LogP contribution is -2.01. The third-order valence-electron chi connectivity index (χ3n) is 6.60. The molecule has 0 saturated heterocycles. The number of benzene rings is 3. The predicted octanol–water partition coefficient (Wildman–Crippen LogP) is 8.95. The van der Waals surface area contributed by atoms with Crippen molar-refractivity contribution in [3.8, 4) is 22.8 Å². The Morgan fingerprint density at radius 3 is 2.08 bits per heavy atom. The van der Waals surface area contributed by atoms with E-state index in [9.17, 15) is 0 Å². The molecule has 0 atom stereocenters. The number of aromatic nitrogens is 3. The first-order valence-corrected chi connectivity index (χ1v) is 12.2. The lowest BCUT2D eigenvalue weighted by Gasteiger charge is -2.08. The van der Waals surface area contributed by atoms with E-state index in [1.807, 2.05) is 93.6 Å². The minimum Gasteiger partial charge on any atom is -0.456 e. The molecule has 0 fully saturated rings. The van der Waals surface area contributed by atoms with Crippen molar-refractivity contribution in [1.29, 1.82) is 0 Å². The summed E-state index contributed by atoms with van der Waals surface area (Å²) < 4.78 is 12.2. The standard InChI is InChI=1S/C32H25N3O2/c1-5-10-26-22(7-3)24-15-13-20(17-28(24)36-26)31-33-30(19(4)6-2)34-32(35-31)21-14-16-25-23-11-8-9-12-27(23)37-29(25)18-21/h5-18H,3H2,1-2,4H3/b10-5-,19-6+. The fourth-order valence-corrected chi connectivity index (χ4v) is 4.56. The topological polar surface area (TPSA) is 65.0 Å². The minimum atomic E-state index is 0.580. The fourth-order valence-electron chi connectivity index (χ4n) is 4.56. The summed E-state index contributed by atoms with van der Waals surface area (Å²) in [5.41, 5.74) is 6.08. The van der Waals surface area contributed by atoms with E-state index in [0.29, 0.717) is 17.5 Å². The second-order valence-electron chi connectivity index (χ2n) is 8.88. The maximum Gasteiger partial charge on any atom is 0.164 e. The number of hydrogen-bond donors (Lipinski definition) is 0. The first kappa shape index (κ1) is 22.7. The smallest absolute Gasteiger partial charge is 0.164 e. The first-order valence-electron chi connectivity index (χ1n) is 12.2. The predicted molar refractivity (Wildman–Crippen MR) is 152 cm³/mol. The Bertz CT molecular complexity index is 1890. The van der Waals surface area contributed by atoms with Gasteiger partial charge < -0.3 is 8.83 Å². The molecular formula is C32H25N3O2. The van der Waals surface area contributed by atoms with E-state index in [0.717, 1.165) is 60.9 Å². The van der Waals surface area contributed by atoms with Crippen LogP contribution in [-0.4, -0.2) is 15.0 Å². The zero-order chi connectivity index (χ0) is 25.5. The molecule has 0 bridgehead atoms. The lowest BCUT2D eigenvalue weighted by molar-refractivity contribution is 0.603. The summed E-state index contributed by atoms with van der Waals surface area (Å²) in [6.45, 7) is 9.90. The summed E-state index contributed by atoms with van der Waals surface area (Å²) in [6.07, 6.45) is 7.72. The maximum atomic E-state index is 6.13. The molecule has 0 unspecified atom stereocenters. The Labute approximate surface area is 214 Å². The summed E-state index contributed by atoms with van der Waals surface area (Å²) in [7, 11) is 0. The van der Waals surface area contributed by atoms with Gasteiger partial charge in [0.25, 0.3) is 0 Å². The van der Waals surface area contributed by atoms with Crippen molar-refractivity contribution in [1.82, 2.24) is 15.0 Å². The summed E-state index contributed by atoms with van der Waals surface area (Å²) >= 11 is 0. The van der Waals surface area contributed by atoms with Gasteiger partial charge in [-0.1, -0.05) is 55.1 Å². The Kier molecular flexibility index (Phi) is 5.53. The molecule has 0 saturated carbocycles. The highest BCUT2D eigenvalue weighted by molar-refractivity contribution is 6.05. The van der Waals surface area contributed by atoms with E-state index in [2.05, 4.69) is 18.7 Å². The molecule has 6 aromatic rings. The number of rotatable bonds is 5. The van der Waals surface area contributed by atoms with Crippen molar-refractivity contribution in [2.24, 2.45) is 0 Å². The van der Waals surface area contributed by atoms with Gasteiger partial charge in [-0.25, -0.2) is 15.0 Å². The van der Waals surface area contributed by atoms with Gasteiger partial charge in [0, 0.05) is 32.8 Å². The number of para-hydroxylation sites is 1. The van der Waals surface area contributed by atoms with Gasteiger partial charge in [-0.15, -0.1) is 0 Å². The SMILES string of the molecule is C=Cc1c(/C=C\C)oc2cc(-c3nc(/C(C)=C/C)nc(-c4ccc5c(c4)oc4ccccc45)n3)ccc12. The van der Waals surface area contributed by atoms with Crippen LogP contribution in [0.25, 0.3) is 73.4 Å². The van der Waals surface area contributed by atoms with Gasteiger partial charge in [0.1, 0.15) is 22.5 Å². The molecule has 0 radical (unpaired) electrons. The van der Waals surface area contributed by atoms with E-state index < -0.39 is 0 Å². The van der Waals surface area contributed by atoms with Crippen LogP contribution in [0, 0.1) is 0 Å². The number of hydrogen-bond acceptors (Lipinski definition) is 5. The molecule has 5 heteroatoms. The van der Waals surface area contributed by atoms with E-state index >= 15 is 0 Å². The molecule has 6 rings (SSSR count). The van der Waals surface area contributed by atoms with Crippen molar-refractivity contribution < 1.29 is 8.83 Å². The quantitative estimate of drug-likeness (QED) is 0.245. The maximum absolute atomic E-state index is 6.13. The molecule has 0 spiro atoms. The van der Waals surface area contributed by atoms with Crippen molar-refractivity contribution in [3.05, 3.63) is 96.5 Å². The number of fused-ring (bicyclic) bond motifs is 4. The molecule has 0 aliphatic rings. The third-order valence-corrected chi connectivity index (χ3v) is 6.60. The molecule has 3 aromatic heterocycles. The molecule has 0 amide bonds. The van der Waals surface area contributed by atoms with Crippen molar-refractivity contribution in [3.63, 3.8) is 0 Å². The normalized spacial score (nSPS) is 12.4. The van der Waals surface area contributed by atoms with E-state index in [1.54, 1.807) is 0 Å². The number of nitrogens with zero attached hydrogens (tertiary/aromatic N) is 3. The minimum absolute atomic E-state index is 0.580. The summed E-state index contributed by atoms with van der Waals surface area (Å²) in [6, 6.07) is 20.2. The zero-order valence-electron chi connectivity index (χ0n) is 20.9. The van der Waals surface area contributed by atoms with E-state index in [1.165, 1.54) is 0 Å². The van der Waals surface area contributed by atoms with Crippen molar-refractivity contribution in [2.75, 3.05) is 0 Å². The van der Waals surface area contributed by atoms with Crippen LogP contribution in [0.3, 0.4) is 0 Å². The highest BCUT2D eigenvalue weighted by Gasteiger charge is 2.16. The Hall–Kier alpha value is -4.77. The van der Waals surface area contributed by atoms with Crippen LogP contribution in [-0.2, 0) is 0 Å². The molecule has 0 aliphatic heterocycles. The van der Waals surface area contributed by atoms with Gasteiger partial charge in [0.05, 0.1) is 0 Å². The Morgan fingerprint density at radius 2 is 1.41 bits per heavy atom. The molecule has 5 nitrogen and oxygen atoms in total. The zero-order valence-corrected chi connectivity index (χ0v) is 20.9. The molecular weight excluding hydrogens is 458 g/mol. The van der Waals surface area contributed by atoms with Gasteiger partial charge in [-0.2, -0.15) is 0 Å².